The molecule has 0 atom stereocenters. The number of furan rings is 1. The maximum atomic E-state index is 13.0. The Morgan fingerprint density at radius 1 is 1.00 bits per heavy atom. The van der Waals surface area contributed by atoms with Gasteiger partial charge in [0.2, 0.25) is 11.6 Å². The van der Waals surface area contributed by atoms with Gasteiger partial charge in [0, 0.05) is 24.8 Å². The van der Waals surface area contributed by atoms with Crippen LogP contribution in [-0.2, 0) is 14.1 Å². The van der Waals surface area contributed by atoms with Crippen molar-refractivity contribution in [3.63, 3.8) is 0 Å². The smallest absolute Gasteiger partial charge is 0.333 e. The zero-order chi connectivity index (χ0) is 20.9. The minimum Gasteiger partial charge on any atom is -0.423 e. The topological polar surface area (TPSA) is 69.2 Å². The average Bonchev–Trinajstić information content (AvgIpc) is 3.06. The first-order valence-corrected chi connectivity index (χ1v) is 9.48. The van der Waals surface area contributed by atoms with Crippen LogP contribution in [0.5, 0.6) is 0 Å². The van der Waals surface area contributed by atoms with Crippen LogP contribution in [-0.4, -0.2) is 9.13 Å². The summed E-state index contributed by atoms with van der Waals surface area (Å²) >= 11 is 6.21. The van der Waals surface area contributed by atoms with Gasteiger partial charge in [-0.1, -0.05) is 41.4 Å². The molecule has 0 aliphatic carbocycles. The molecule has 0 aliphatic heterocycles. The molecule has 148 valence electrons. The fraction of sp³-hybridized carbons (Fsp3) is 0.182. The summed E-state index contributed by atoms with van der Waals surface area (Å²) in [5.41, 5.74) is 3.65. The van der Waals surface area contributed by atoms with E-state index in [1.165, 1.54) is 11.6 Å². The van der Waals surface area contributed by atoms with Crippen molar-refractivity contribution >= 4 is 34.3 Å². The third-order valence-corrected chi connectivity index (χ3v) is 5.27. The molecule has 0 fully saturated rings. The molecule has 6 nitrogen and oxygen atoms in total. The Hall–Kier alpha value is -3.25. The molecule has 7 heteroatoms. The van der Waals surface area contributed by atoms with E-state index in [2.05, 4.69) is 11.4 Å². The van der Waals surface area contributed by atoms with Crippen LogP contribution in [0.2, 0.25) is 5.02 Å². The van der Waals surface area contributed by atoms with E-state index in [-0.39, 0.29) is 5.71 Å². The summed E-state index contributed by atoms with van der Waals surface area (Å²) in [5.74, 6) is 0.382. The van der Waals surface area contributed by atoms with E-state index in [4.69, 9.17) is 16.0 Å². The number of nitrogens with one attached hydrogen (secondary N) is 1. The standard InChI is InChI=1S/C22H20ClN3O3/c1-12-8-9-16(13(2)10-12)24-19-17(14-6-5-7-15(23)11-14)18-20(27)25(3)22(28)26(4)21(18)29-19/h5-11,24H,1-4H3. The number of hydrogen-bond donors (Lipinski definition) is 1. The van der Waals surface area contributed by atoms with Crippen molar-refractivity contribution in [2.24, 2.45) is 14.1 Å². The highest BCUT2D eigenvalue weighted by atomic mass is 35.5. The van der Waals surface area contributed by atoms with Gasteiger partial charge >= 0.3 is 5.69 Å². The Bertz CT molecular complexity index is 1380. The first kappa shape index (κ1) is 19.1. The Labute approximate surface area is 172 Å². The summed E-state index contributed by atoms with van der Waals surface area (Å²) in [4.78, 5) is 25.4. The number of halogens is 1. The van der Waals surface area contributed by atoms with Gasteiger partial charge < -0.3 is 9.73 Å². The maximum absolute atomic E-state index is 13.0. The Kier molecular flexibility index (Phi) is 4.59. The van der Waals surface area contributed by atoms with Gasteiger partial charge in [0.1, 0.15) is 5.39 Å². The second kappa shape index (κ2) is 6.97. The lowest BCUT2D eigenvalue weighted by atomic mass is 10.0. The first-order valence-electron chi connectivity index (χ1n) is 9.10. The summed E-state index contributed by atoms with van der Waals surface area (Å²) in [6.07, 6.45) is 0. The van der Waals surface area contributed by atoms with Crippen LogP contribution >= 0.6 is 11.6 Å². The van der Waals surface area contributed by atoms with Crippen molar-refractivity contribution in [3.05, 3.63) is 79.5 Å². The number of anilines is 2. The molecule has 0 spiro atoms. The largest absolute Gasteiger partial charge is 0.423 e. The molecule has 0 amide bonds. The van der Waals surface area contributed by atoms with Crippen LogP contribution in [0.1, 0.15) is 11.1 Å². The molecule has 0 bridgehead atoms. The van der Waals surface area contributed by atoms with Crippen LogP contribution in [0.4, 0.5) is 11.6 Å². The highest BCUT2D eigenvalue weighted by molar-refractivity contribution is 6.31. The second-order valence-electron chi connectivity index (χ2n) is 7.15. The molecular weight excluding hydrogens is 390 g/mol. The normalized spacial score (nSPS) is 11.2. The number of benzene rings is 2. The van der Waals surface area contributed by atoms with Crippen LogP contribution in [0.15, 0.2) is 56.5 Å². The molecule has 2 aromatic heterocycles. The molecule has 4 aromatic rings. The minimum absolute atomic E-state index is 0.209. The van der Waals surface area contributed by atoms with E-state index in [1.54, 1.807) is 19.2 Å². The summed E-state index contributed by atoms with van der Waals surface area (Å²) in [7, 11) is 3.03. The predicted octanol–water partition coefficient (Wildman–Crippen LogP) is 4.51. The van der Waals surface area contributed by atoms with Gasteiger partial charge in [0.15, 0.2) is 0 Å². The van der Waals surface area contributed by atoms with Crippen molar-refractivity contribution in [1.82, 2.24) is 9.13 Å². The van der Waals surface area contributed by atoms with E-state index in [9.17, 15) is 9.59 Å². The molecule has 0 aliphatic rings. The van der Waals surface area contributed by atoms with Crippen molar-refractivity contribution in [1.29, 1.82) is 0 Å². The van der Waals surface area contributed by atoms with Crippen molar-refractivity contribution in [2.45, 2.75) is 13.8 Å². The Morgan fingerprint density at radius 3 is 2.45 bits per heavy atom. The third kappa shape index (κ3) is 3.15. The van der Waals surface area contributed by atoms with Crippen molar-refractivity contribution < 1.29 is 4.42 Å². The summed E-state index contributed by atoms with van der Waals surface area (Å²) in [6, 6.07) is 13.2. The van der Waals surface area contributed by atoms with Crippen LogP contribution in [0.25, 0.3) is 22.2 Å². The lowest BCUT2D eigenvalue weighted by Gasteiger charge is -2.10. The van der Waals surface area contributed by atoms with E-state index in [0.717, 1.165) is 26.9 Å². The van der Waals surface area contributed by atoms with E-state index >= 15 is 0 Å². The van der Waals surface area contributed by atoms with E-state index in [1.807, 2.05) is 38.1 Å². The van der Waals surface area contributed by atoms with Gasteiger partial charge in [-0.25, -0.2) is 4.79 Å². The second-order valence-corrected chi connectivity index (χ2v) is 7.58. The third-order valence-electron chi connectivity index (χ3n) is 5.03. The van der Waals surface area contributed by atoms with Gasteiger partial charge in [-0.3, -0.25) is 13.9 Å². The number of fused-ring (bicyclic) bond motifs is 1. The quantitative estimate of drug-likeness (QED) is 0.540. The van der Waals surface area contributed by atoms with Crippen LogP contribution in [0, 0.1) is 13.8 Å². The van der Waals surface area contributed by atoms with Gasteiger partial charge in [-0.2, -0.15) is 0 Å². The van der Waals surface area contributed by atoms with Crippen LogP contribution in [0.3, 0.4) is 0 Å². The van der Waals surface area contributed by atoms with Gasteiger partial charge in [-0.15, -0.1) is 0 Å². The summed E-state index contributed by atoms with van der Waals surface area (Å²) in [5, 5.41) is 4.16. The molecule has 0 saturated carbocycles. The SMILES string of the molecule is Cc1ccc(Nc2oc3c(c2-c2cccc(Cl)c2)c(=O)n(C)c(=O)n3C)c(C)c1. The molecule has 2 heterocycles. The predicted molar refractivity (Wildman–Crippen MR) is 116 cm³/mol. The molecule has 0 saturated heterocycles. The zero-order valence-electron chi connectivity index (χ0n) is 16.5. The first-order chi connectivity index (χ1) is 13.8. The summed E-state index contributed by atoms with van der Waals surface area (Å²) < 4.78 is 8.43. The molecule has 0 radical (unpaired) electrons. The summed E-state index contributed by atoms with van der Waals surface area (Å²) in [6.45, 7) is 4.01. The Morgan fingerprint density at radius 2 is 1.76 bits per heavy atom. The van der Waals surface area contributed by atoms with Crippen molar-refractivity contribution in [3.8, 4) is 11.1 Å². The van der Waals surface area contributed by atoms with E-state index in [0.29, 0.717) is 21.9 Å². The molecule has 29 heavy (non-hydrogen) atoms. The fourth-order valence-corrected chi connectivity index (χ4v) is 3.69. The molecule has 4 rings (SSSR count). The average molecular weight is 410 g/mol. The fourth-order valence-electron chi connectivity index (χ4n) is 3.50. The number of rotatable bonds is 3. The highest BCUT2D eigenvalue weighted by Crippen LogP contribution is 2.39. The highest BCUT2D eigenvalue weighted by Gasteiger charge is 2.23. The molecule has 1 N–H and O–H groups in total. The number of aryl methyl sites for hydroxylation is 3. The van der Waals surface area contributed by atoms with Crippen molar-refractivity contribution in [2.75, 3.05) is 5.32 Å². The molecular formula is C22H20ClN3O3. The monoisotopic (exact) mass is 409 g/mol. The van der Waals surface area contributed by atoms with Gasteiger partial charge in [0.25, 0.3) is 5.56 Å². The number of nitrogens with zero attached hydrogens (tertiary/aromatic N) is 2. The minimum atomic E-state index is -0.452. The number of aromatic nitrogens is 2. The van der Waals surface area contributed by atoms with Gasteiger partial charge in [0.05, 0.1) is 5.56 Å². The lowest BCUT2D eigenvalue weighted by Crippen LogP contribution is -2.36. The van der Waals surface area contributed by atoms with E-state index < -0.39 is 11.2 Å². The molecule has 0 unspecified atom stereocenters. The Balaban J connectivity index is 2.07. The van der Waals surface area contributed by atoms with Crippen LogP contribution < -0.4 is 16.6 Å². The molecule has 2 aromatic carbocycles. The van der Waals surface area contributed by atoms with Gasteiger partial charge in [-0.05, 0) is 43.2 Å². The number of hydrogen-bond acceptors (Lipinski definition) is 4. The lowest BCUT2D eigenvalue weighted by molar-refractivity contribution is 0.577. The maximum Gasteiger partial charge on any atom is 0.333 e. The zero-order valence-corrected chi connectivity index (χ0v) is 17.3.